The zero-order chi connectivity index (χ0) is 18.2. The third-order valence-electron chi connectivity index (χ3n) is 3.39. The lowest BCUT2D eigenvalue weighted by molar-refractivity contribution is -0.286. The van der Waals surface area contributed by atoms with Crippen molar-refractivity contribution in [2.45, 2.75) is 19.3 Å². The summed E-state index contributed by atoms with van der Waals surface area (Å²) >= 11 is 0. The summed E-state index contributed by atoms with van der Waals surface area (Å²) in [5.41, 5.74) is -0.275. The van der Waals surface area contributed by atoms with Crippen molar-refractivity contribution < 1.29 is 31.8 Å². The third-order valence-corrected chi connectivity index (χ3v) is 3.39. The normalized spacial score (nSPS) is 15.6. The van der Waals surface area contributed by atoms with E-state index in [1.165, 1.54) is 31.2 Å². The molecule has 1 aliphatic rings. The molecule has 2 aromatic carbocycles. The standard InChI is InChI=1S/C16H12F4N2O3/c1-8(15(23)22-14-10(17)3-2-4-11(14)18)21-9-5-6-12-13(7-9)25-16(19,20)24-12/h2-8,21H,1H3,(H,22,23)/t8-/m1/s1. The van der Waals surface area contributed by atoms with Crippen molar-refractivity contribution in [3.05, 3.63) is 48.0 Å². The highest BCUT2D eigenvalue weighted by molar-refractivity contribution is 5.96. The van der Waals surface area contributed by atoms with Crippen LogP contribution in [0.25, 0.3) is 0 Å². The molecule has 0 aromatic heterocycles. The van der Waals surface area contributed by atoms with E-state index in [1.54, 1.807) is 0 Å². The van der Waals surface area contributed by atoms with Crippen LogP contribution in [0.15, 0.2) is 36.4 Å². The minimum absolute atomic E-state index is 0.138. The van der Waals surface area contributed by atoms with Gasteiger partial charge in [-0.2, -0.15) is 0 Å². The molecule has 0 bridgehead atoms. The van der Waals surface area contributed by atoms with Crippen LogP contribution in [0.1, 0.15) is 6.92 Å². The Kier molecular flexibility index (Phi) is 4.15. The van der Waals surface area contributed by atoms with Crippen LogP contribution in [-0.4, -0.2) is 18.2 Å². The summed E-state index contributed by atoms with van der Waals surface area (Å²) < 4.78 is 61.6. The number of benzene rings is 2. The van der Waals surface area contributed by atoms with Crippen molar-refractivity contribution in [3.63, 3.8) is 0 Å². The van der Waals surface area contributed by atoms with Crippen LogP contribution in [0.5, 0.6) is 11.5 Å². The highest BCUT2D eigenvalue weighted by Crippen LogP contribution is 2.42. The summed E-state index contributed by atoms with van der Waals surface area (Å²) in [6, 6.07) is 6.15. The number of carbonyl (C=O) groups excluding carboxylic acids is 1. The van der Waals surface area contributed by atoms with Crippen molar-refractivity contribution >= 4 is 17.3 Å². The number of carbonyl (C=O) groups is 1. The molecule has 5 nitrogen and oxygen atoms in total. The number of amides is 1. The first kappa shape index (κ1) is 16.9. The molecule has 1 heterocycles. The number of halogens is 4. The predicted molar refractivity (Wildman–Crippen MR) is 80.7 cm³/mol. The molecule has 1 aliphatic heterocycles. The van der Waals surface area contributed by atoms with E-state index in [-0.39, 0.29) is 17.2 Å². The molecule has 0 radical (unpaired) electrons. The maximum absolute atomic E-state index is 13.5. The van der Waals surface area contributed by atoms with E-state index < -0.39 is 35.6 Å². The van der Waals surface area contributed by atoms with Gasteiger partial charge in [-0.05, 0) is 31.2 Å². The third kappa shape index (κ3) is 3.59. The highest BCUT2D eigenvalue weighted by Gasteiger charge is 2.43. The molecule has 1 atom stereocenters. The van der Waals surface area contributed by atoms with Crippen LogP contribution in [0.3, 0.4) is 0 Å². The van der Waals surface area contributed by atoms with Crippen LogP contribution in [0.2, 0.25) is 0 Å². The average Bonchev–Trinajstić information content (AvgIpc) is 2.84. The Balaban J connectivity index is 1.69. The molecule has 2 N–H and O–H groups in total. The second kappa shape index (κ2) is 6.15. The second-order valence-electron chi connectivity index (χ2n) is 5.28. The first-order valence-corrected chi connectivity index (χ1v) is 7.16. The number of alkyl halides is 2. The number of rotatable bonds is 4. The minimum atomic E-state index is -3.74. The van der Waals surface area contributed by atoms with Gasteiger partial charge in [0.15, 0.2) is 11.5 Å². The van der Waals surface area contributed by atoms with Crippen LogP contribution < -0.4 is 20.1 Å². The fraction of sp³-hybridized carbons (Fsp3) is 0.188. The minimum Gasteiger partial charge on any atom is -0.395 e. The van der Waals surface area contributed by atoms with E-state index in [1.807, 2.05) is 0 Å². The van der Waals surface area contributed by atoms with Gasteiger partial charge in [0.25, 0.3) is 0 Å². The molecule has 0 spiro atoms. The van der Waals surface area contributed by atoms with Gasteiger partial charge in [0.2, 0.25) is 5.91 Å². The Morgan fingerprint density at radius 3 is 2.40 bits per heavy atom. The van der Waals surface area contributed by atoms with Crippen molar-refractivity contribution in [1.82, 2.24) is 0 Å². The Bertz CT molecular complexity index is 809. The molecular formula is C16H12F4N2O3. The fourth-order valence-corrected chi connectivity index (χ4v) is 2.20. The summed E-state index contributed by atoms with van der Waals surface area (Å²) in [4.78, 5) is 12.1. The topological polar surface area (TPSA) is 59.6 Å². The van der Waals surface area contributed by atoms with Crippen molar-refractivity contribution in [2.24, 2.45) is 0 Å². The first-order chi connectivity index (χ1) is 11.7. The van der Waals surface area contributed by atoms with Gasteiger partial charge >= 0.3 is 6.29 Å². The van der Waals surface area contributed by atoms with E-state index in [4.69, 9.17) is 0 Å². The molecule has 9 heteroatoms. The summed E-state index contributed by atoms with van der Waals surface area (Å²) in [5.74, 6) is -2.87. The number of ether oxygens (including phenoxy) is 2. The maximum Gasteiger partial charge on any atom is 0.586 e. The van der Waals surface area contributed by atoms with Gasteiger partial charge in [0, 0.05) is 11.8 Å². The summed E-state index contributed by atoms with van der Waals surface area (Å²) in [6.45, 7) is 1.44. The Morgan fingerprint density at radius 2 is 1.72 bits per heavy atom. The van der Waals surface area contributed by atoms with Crippen LogP contribution >= 0.6 is 0 Å². The Hall–Kier alpha value is -2.97. The molecule has 0 aliphatic carbocycles. The van der Waals surface area contributed by atoms with E-state index >= 15 is 0 Å². The maximum atomic E-state index is 13.5. The number of fused-ring (bicyclic) bond motifs is 1. The molecule has 3 rings (SSSR count). The van der Waals surface area contributed by atoms with Gasteiger partial charge in [-0.1, -0.05) is 6.07 Å². The predicted octanol–water partition coefficient (Wildman–Crippen LogP) is 3.73. The van der Waals surface area contributed by atoms with Gasteiger partial charge in [0.05, 0.1) is 0 Å². The number of hydrogen-bond acceptors (Lipinski definition) is 4. The smallest absolute Gasteiger partial charge is 0.395 e. The fourth-order valence-electron chi connectivity index (χ4n) is 2.20. The highest BCUT2D eigenvalue weighted by atomic mass is 19.3. The van der Waals surface area contributed by atoms with Crippen molar-refractivity contribution in [3.8, 4) is 11.5 Å². The van der Waals surface area contributed by atoms with E-state index in [0.29, 0.717) is 0 Å². The molecule has 25 heavy (non-hydrogen) atoms. The van der Waals surface area contributed by atoms with Gasteiger partial charge in [-0.25, -0.2) is 8.78 Å². The van der Waals surface area contributed by atoms with E-state index in [0.717, 1.165) is 12.1 Å². The molecule has 0 fully saturated rings. The first-order valence-electron chi connectivity index (χ1n) is 7.16. The summed E-state index contributed by atoms with van der Waals surface area (Å²) in [5, 5.41) is 4.86. The molecule has 2 aromatic rings. The second-order valence-corrected chi connectivity index (χ2v) is 5.28. The van der Waals surface area contributed by atoms with Gasteiger partial charge in [-0.15, -0.1) is 8.78 Å². The number of anilines is 2. The lowest BCUT2D eigenvalue weighted by Crippen LogP contribution is -2.32. The molecule has 1 amide bonds. The largest absolute Gasteiger partial charge is 0.586 e. The molecule has 0 saturated heterocycles. The van der Waals surface area contributed by atoms with Gasteiger partial charge < -0.3 is 20.1 Å². The molecule has 0 unspecified atom stereocenters. The van der Waals surface area contributed by atoms with Crippen molar-refractivity contribution in [2.75, 3.05) is 10.6 Å². The number of hydrogen-bond donors (Lipinski definition) is 2. The zero-order valence-corrected chi connectivity index (χ0v) is 12.8. The van der Waals surface area contributed by atoms with Crippen LogP contribution in [0.4, 0.5) is 28.9 Å². The SMILES string of the molecule is C[C@@H](Nc1ccc2c(c1)OC(F)(F)O2)C(=O)Nc1c(F)cccc1F. The molecular weight excluding hydrogens is 344 g/mol. The van der Waals surface area contributed by atoms with E-state index in [2.05, 4.69) is 20.1 Å². The lowest BCUT2D eigenvalue weighted by atomic mass is 10.2. The monoisotopic (exact) mass is 356 g/mol. The zero-order valence-electron chi connectivity index (χ0n) is 12.8. The number of para-hydroxylation sites is 1. The average molecular weight is 356 g/mol. The van der Waals surface area contributed by atoms with Crippen molar-refractivity contribution in [1.29, 1.82) is 0 Å². The van der Waals surface area contributed by atoms with Crippen LogP contribution in [-0.2, 0) is 4.79 Å². The van der Waals surface area contributed by atoms with Gasteiger partial charge in [-0.3, -0.25) is 4.79 Å². The molecule has 0 saturated carbocycles. The van der Waals surface area contributed by atoms with E-state index in [9.17, 15) is 22.4 Å². The quantitative estimate of drug-likeness (QED) is 0.820. The lowest BCUT2D eigenvalue weighted by Gasteiger charge is -2.16. The number of nitrogens with one attached hydrogen (secondary N) is 2. The summed E-state index contributed by atoms with van der Waals surface area (Å²) in [6.07, 6.45) is -3.74. The Labute approximate surface area is 139 Å². The summed E-state index contributed by atoms with van der Waals surface area (Å²) in [7, 11) is 0. The van der Waals surface area contributed by atoms with Gasteiger partial charge in [0.1, 0.15) is 23.4 Å². The van der Waals surface area contributed by atoms with Crippen LogP contribution in [0, 0.1) is 11.6 Å². The Morgan fingerprint density at radius 1 is 1.08 bits per heavy atom. The molecule has 132 valence electrons.